The highest BCUT2D eigenvalue weighted by atomic mass is 32.2. The predicted molar refractivity (Wildman–Crippen MR) is 125 cm³/mol. The molecule has 0 radical (unpaired) electrons. The zero-order valence-electron chi connectivity index (χ0n) is 18.7. The molecule has 0 fully saturated rings. The molecule has 0 spiro atoms. The SMILES string of the molecule is COC(=O)c1cc2c(c3c4cc(C)ccc4n(S(=O)(=O)c4ccc(C)cc4)c13)C(=O)N(C)C2. The fraction of sp³-hybridized carbons (Fsp3) is 0.200. The third kappa shape index (κ3) is 2.97. The van der Waals surface area contributed by atoms with Crippen molar-refractivity contribution in [3.8, 4) is 0 Å². The van der Waals surface area contributed by atoms with Crippen LogP contribution in [-0.4, -0.2) is 43.3 Å². The van der Waals surface area contributed by atoms with Crippen LogP contribution < -0.4 is 0 Å². The molecule has 0 unspecified atom stereocenters. The molecule has 0 bridgehead atoms. The van der Waals surface area contributed by atoms with Gasteiger partial charge in [-0.05, 0) is 49.7 Å². The molecule has 2 heterocycles. The van der Waals surface area contributed by atoms with Gasteiger partial charge in [-0.2, -0.15) is 0 Å². The van der Waals surface area contributed by atoms with Gasteiger partial charge in [-0.1, -0.05) is 29.3 Å². The maximum absolute atomic E-state index is 13.9. The minimum absolute atomic E-state index is 0.0900. The lowest BCUT2D eigenvalue weighted by Crippen LogP contribution is -2.17. The topological polar surface area (TPSA) is 85.7 Å². The number of methoxy groups -OCH3 is 1. The molecular formula is C25H22N2O5S. The first-order chi connectivity index (χ1) is 15.6. The van der Waals surface area contributed by atoms with Crippen molar-refractivity contribution in [1.29, 1.82) is 0 Å². The molecule has 168 valence electrons. The lowest BCUT2D eigenvalue weighted by atomic mass is 9.98. The Morgan fingerprint density at radius 2 is 1.67 bits per heavy atom. The molecular weight excluding hydrogens is 440 g/mol. The van der Waals surface area contributed by atoms with Gasteiger partial charge in [0.2, 0.25) is 0 Å². The molecule has 1 amide bonds. The van der Waals surface area contributed by atoms with Crippen LogP contribution in [0.4, 0.5) is 0 Å². The van der Waals surface area contributed by atoms with E-state index in [9.17, 15) is 18.0 Å². The van der Waals surface area contributed by atoms with E-state index in [0.717, 1.165) is 11.1 Å². The van der Waals surface area contributed by atoms with Crippen molar-refractivity contribution in [2.45, 2.75) is 25.3 Å². The van der Waals surface area contributed by atoms with Gasteiger partial charge in [0.15, 0.2) is 0 Å². The number of esters is 1. The van der Waals surface area contributed by atoms with Crippen LogP contribution in [0, 0.1) is 13.8 Å². The highest BCUT2D eigenvalue weighted by molar-refractivity contribution is 7.90. The summed E-state index contributed by atoms with van der Waals surface area (Å²) in [5, 5.41) is 1.06. The van der Waals surface area contributed by atoms with Crippen LogP contribution in [0.1, 0.15) is 37.4 Å². The maximum atomic E-state index is 13.9. The average Bonchev–Trinajstić information content (AvgIpc) is 3.27. The maximum Gasteiger partial charge on any atom is 0.340 e. The highest BCUT2D eigenvalue weighted by Crippen LogP contribution is 2.41. The summed E-state index contributed by atoms with van der Waals surface area (Å²) in [4.78, 5) is 27.6. The van der Waals surface area contributed by atoms with E-state index in [2.05, 4.69) is 0 Å². The zero-order valence-corrected chi connectivity index (χ0v) is 19.5. The van der Waals surface area contributed by atoms with Crippen LogP contribution >= 0.6 is 0 Å². The molecule has 8 heteroatoms. The molecule has 1 aliphatic rings. The van der Waals surface area contributed by atoms with Crippen molar-refractivity contribution in [2.24, 2.45) is 0 Å². The van der Waals surface area contributed by atoms with Crippen molar-refractivity contribution in [3.63, 3.8) is 0 Å². The first-order valence-electron chi connectivity index (χ1n) is 10.4. The lowest BCUT2D eigenvalue weighted by Gasteiger charge is -2.13. The second kappa shape index (κ2) is 7.18. The van der Waals surface area contributed by atoms with E-state index in [1.54, 1.807) is 48.3 Å². The molecule has 0 N–H and O–H groups in total. The van der Waals surface area contributed by atoms with Crippen LogP contribution in [-0.2, 0) is 21.3 Å². The van der Waals surface area contributed by atoms with Gasteiger partial charge in [-0.15, -0.1) is 0 Å². The molecule has 3 aromatic carbocycles. The average molecular weight is 463 g/mol. The quantitative estimate of drug-likeness (QED) is 0.429. The fourth-order valence-corrected chi connectivity index (χ4v) is 6.11. The van der Waals surface area contributed by atoms with Gasteiger partial charge in [0.25, 0.3) is 15.9 Å². The van der Waals surface area contributed by atoms with Crippen LogP contribution in [0.5, 0.6) is 0 Å². The number of aryl methyl sites for hydroxylation is 2. The Hall–Kier alpha value is -3.65. The second-order valence-corrected chi connectivity index (χ2v) is 10.2. The van der Waals surface area contributed by atoms with E-state index in [-0.39, 0.29) is 21.9 Å². The summed E-state index contributed by atoms with van der Waals surface area (Å²) >= 11 is 0. The number of benzene rings is 3. The van der Waals surface area contributed by atoms with Gasteiger partial charge in [0, 0.05) is 24.4 Å². The highest BCUT2D eigenvalue weighted by Gasteiger charge is 2.35. The van der Waals surface area contributed by atoms with E-state index in [4.69, 9.17) is 4.74 Å². The van der Waals surface area contributed by atoms with Gasteiger partial charge in [-0.3, -0.25) is 4.79 Å². The van der Waals surface area contributed by atoms with E-state index >= 15 is 0 Å². The standard InChI is InChI=1S/C25H22N2O5S/c1-14-5-8-17(9-6-14)33(30,31)27-20-10-7-15(2)11-18(20)22-21-16(13-26(3)24(21)28)12-19(23(22)27)25(29)32-4/h5-12H,13H2,1-4H3. The Balaban J connectivity index is 2.03. The first kappa shape index (κ1) is 21.2. The summed E-state index contributed by atoms with van der Waals surface area (Å²) in [6.45, 7) is 4.10. The van der Waals surface area contributed by atoms with Crippen LogP contribution in [0.15, 0.2) is 53.4 Å². The summed E-state index contributed by atoms with van der Waals surface area (Å²) in [7, 11) is -1.17. The van der Waals surface area contributed by atoms with E-state index in [1.807, 2.05) is 26.0 Å². The van der Waals surface area contributed by atoms with Crippen molar-refractivity contribution in [3.05, 3.63) is 76.3 Å². The Morgan fingerprint density at radius 3 is 2.33 bits per heavy atom. The molecule has 0 atom stereocenters. The van der Waals surface area contributed by atoms with Crippen LogP contribution in [0.3, 0.4) is 0 Å². The minimum atomic E-state index is -4.11. The van der Waals surface area contributed by atoms with Gasteiger partial charge in [0.1, 0.15) is 0 Å². The van der Waals surface area contributed by atoms with E-state index in [1.165, 1.54) is 11.1 Å². The number of amides is 1. The molecule has 0 saturated heterocycles. The van der Waals surface area contributed by atoms with Crippen LogP contribution in [0.25, 0.3) is 21.8 Å². The van der Waals surface area contributed by atoms with Crippen molar-refractivity contribution < 1.29 is 22.7 Å². The number of ether oxygens (including phenoxy) is 1. The van der Waals surface area contributed by atoms with Crippen molar-refractivity contribution in [2.75, 3.05) is 14.2 Å². The third-order valence-electron chi connectivity index (χ3n) is 6.16. The molecule has 5 rings (SSSR count). The molecule has 7 nitrogen and oxygen atoms in total. The fourth-order valence-electron chi connectivity index (χ4n) is 4.57. The number of nitrogens with zero attached hydrogens (tertiary/aromatic N) is 2. The number of carbonyl (C=O) groups excluding carboxylic acids is 2. The van der Waals surface area contributed by atoms with Gasteiger partial charge in [0.05, 0.1) is 34.2 Å². The number of aromatic nitrogens is 1. The first-order valence-corrected chi connectivity index (χ1v) is 11.9. The van der Waals surface area contributed by atoms with Crippen LogP contribution in [0.2, 0.25) is 0 Å². The van der Waals surface area contributed by atoms with Crippen molar-refractivity contribution >= 4 is 43.7 Å². The Bertz CT molecular complexity index is 1600. The third-order valence-corrected chi connectivity index (χ3v) is 7.89. The molecule has 0 saturated carbocycles. The summed E-state index contributed by atoms with van der Waals surface area (Å²) in [6, 6.07) is 13.5. The molecule has 1 aromatic heterocycles. The lowest BCUT2D eigenvalue weighted by molar-refractivity contribution is 0.0602. The second-order valence-electron chi connectivity index (χ2n) is 8.44. The number of hydrogen-bond acceptors (Lipinski definition) is 5. The number of carbonyl (C=O) groups is 2. The van der Waals surface area contributed by atoms with Gasteiger partial charge in [-0.25, -0.2) is 17.2 Å². The summed E-state index contributed by atoms with van der Waals surface area (Å²) in [5.41, 5.74) is 3.59. The number of hydrogen-bond donors (Lipinski definition) is 0. The Kier molecular flexibility index (Phi) is 4.61. The predicted octanol–water partition coefficient (Wildman–Crippen LogP) is 4.02. The largest absolute Gasteiger partial charge is 0.465 e. The molecule has 4 aromatic rings. The summed E-state index contributed by atoms with van der Waals surface area (Å²) < 4.78 is 34.1. The Morgan fingerprint density at radius 1 is 1.00 bits per heavy atom. The molecule has 1 aliphatic heterocycles. The monoisotopic (exact) mass is 462 g/mol. The van der Waals surface area contributed by atoms with Gasteiger partial charge >= 0.3 is 5.97 Å². The summed E-state index contributed by atoms with van der Waals surface area (Å²) in [5.74, 6) is -0.871. The number of rotatable bonds is 3. The zero-order chi connectivity index (χ0) is 23.7. The number of fused-ring (bicyclic) bond motifs is 5. The summed E-state index contributed by atoms with van der Waals surface area (Å²) in [6.07, 6.45) is 0. The van der Waals surface area contributed by atoms with Crippen molar-refractivity contribution in [1.82, 2.24) is 8.87 Å². The molecule has 0 aliphatic carbocycles. The van der Waals surface area contributed by atoms with Gasteiger partial charge < -0.3 is 9.64 Å². The minimum Gasteiger partial charge on any atom is -0.465 e. The molecule has 33 heavy (non-hydrogen) atoms. The smallest absolute Gasteiger partial charge is 0.340 e. The normalized spacial score (nSPS) is 13.7. The Labute approximate surface area is 191 Å². The van der Waals surface area contributed by atoms with E-state index < -0.39 is 16.0 Å². The van der Waals surface area contributed by atoms with E-state index in [0.29, 0.717) is 34.0 Å².